The second-order valence-electron chi connectivity index (χ2n) is 12.4. The van der Waals surface area contributed by atoms with Gasteiger partial charge in [0.25, 0.3) is 0 Å². The zero-order chi connectivity index (χ0) is 28.6. The summed E-state index contributed by atoms with van der Waals surface area (Å²) in [5, 5.41) is 0. The molecule has 0 bridgehead atoms. The summed E-state index contributed by atoms with van der Waals surface area (Å²) >= 11 is 0. The fourth-order valence-electron chi connectivity index (χ4n) is 6.85. The highest BCUT2D eigenvalue weighted by Crippen LogP contribution is 2.49. The van der Waals surface area contributed by atoms with Crippen LogP contribution in [-0.4, -0.2) is 19.9 Å². The van der Waals surface area contributed by atoms with E-state index < -0.39 is 0 Å². The van der Waals surface area contributed by atoms with Gasteiger partial charge in [-0.2, -0.15) is 0 Å². The molecule has 8 rings (SSSR count). The molecule has 2 aliphatic carbocycles. The van der Waals surface area contributed by atoms with Crippen LogP contribution in [0.1, 0.15) is 49.9 Å². The molecule has 4 heterocycles. The van der Waals surface area contributed by atoms with Crippen LogP contribution < -0.4 is 0 Å². The smallest absolute Gasteiger partial charge is 0.0893 e. The molecule has 4 heteroatoms. The van der Waals surface area contributed by atoms with Crippen molar-refractivity contribution in [3.63, 3.8) is 0 Å². The van der Waals surface area contributed by atoms with Gasteiger partial charge in [-0.3, -0.25) is 9.97 Å². The lowest BCUT2D eigenvalue weighted by Gasteiger charge is -2.21. The Labute approximate surface area is 246 Å². The molecule has 2 aliphatic rings. The largest absolute Gasteiger partial charge is 0.256 e. The Kier molecular flexibility index (Phi) is 5.18. The fourth-order valence-corrected chi connectivity index (χ4v) is 6.85. The van der Waals surface area contributed by atoms with Crippen LogP contribution >= 0.6 is 0 Å². The van der Waals surface area contributed by atoms with Crippen molar-refractivity contribution in [3.8, 4) is 56.4 Å². The van der Waals surface area contributed by atoms with E-state index in [1.165, 1.54) is 33.4 Å². The number of hydrogen-bond acceptors (Lipinski definition) is 4. The molecule has 0 saturated heterocycles. The summed E-state index contributed by atoms with van der Waals surface area (Å²) in [7, 11) is 0. The highest BCUT2D eigenvalue weighted by molar-refractivity contribution is 5.82. The first-order valence-corrected chi connectivity index (χ1v) is 14.5. The average Bonchev–Trinajstić information content (AvgIpc) is 3.40. The molecular weight excluding hydrogens is 512 g/mol. The van der Waals surface area contributed by atoms with Gasteiger partial charge < -0.3 is 0 Å². The Bertz CT molecular complexity index is 1900. The minimum atomic E-state index is -0.109. The molecule has 0 amide bonds. The Morgan fingerprint density at radius 3 is 1.83 bits per heavy atom. The molecule has 0 saturated carbocycles. The molecule has 0 N–H and O–H groups in total. The topological polar surface area (TPSA) is 51.6 Å². The maximum absolute atomic E-state index is 5.08. The monoisotopic (exact) mass is 542 g/mol. The van der Waals surface area contributed by atoms with Crippen molar-refractivity contribution in [2.75, 3.05) is 0 Å². The normalized spacial score (nSPS) is 15.0. The first kappa shape index (κ1) is 24.8. The van der Waals surface area contributed by atoms with Gasteiger partial charge in [-0.05, 0) is 64.7 Å². The average molecular weight is 543 g/mol. The van der Waals surface area contributed by atoms with E-state index in [4.69, 9.17) is 19.9 Å². The predicted octanol–water partition coefficient (Wildman–Crippen LogP) is 8.88. The Morgan fingerprint density at radius 1 is 0.452 bits per heavy atom. The maximum atomic E-state index is 5.08. The van der Waals surface area contributed by atoms with Crippen molar-refractivity contribution in [3.05, 3.63) is 132 Å². The number of benzene rings is 2. The second-order valence-corrected chi connectivity index (χ2v) is 12.4. The SMILES string of the molecule is CC1(C)c2cc(-c3cccc(-c4cccc(-c5cnc6c(c5)C(C)(C)c5ccccc5-6)n4)n3)ccc2-c2ncccc21. The Balaban J connectivity index is 1.15. The van der Waals surface area contributed by atoms with Crippen molar-refractivity contribution in [2.45, 2.75) is 38.5 Å². The van der Waals surface area contributed by atoms with Crippen LogP contribution in [0.2, 0.25) is 0 Å². The van der Waals surface area contributed by atoms with E-state index in [-0.39, 0.29) is 10.8 Å². The van der Waals surface area contributed by atoms with Crippen molar-refractivity contribution >= 4 is 0 Å². The molecule has 0 aliphatic heterocycles. The first-order valence-electron chi connectivity index (χ1n) is 14.5. The Morgan fingerprint density at radius 2 is 1.05 bits per heavy atom. The van der Waals surface area contributed by atoms with Gasteiger partial charge in [0.15, 0.2) is 0 Å². The number of aromatic nitrogens is 4. The van der Waals surface area contributed by atoms with Gasteiger partial charge in [0.2, 0.25) is 0 Å². The molecule has 4 aromatic heterocycles. The molecule has 0 spiro atoms. The van der Waals surface area contributed by atoms with Gasteiger partial charge in [-0.25, -0.2) is 9.97 Å². The lowest BCUT2D eigenvalue weighted by molar-refractivity contribution is 0.659. The third kappa shape index (κ3) is 3.54. The highest BCUT2D eigenvalue weighted by Gasteiger charge is 2.37. The van der Waals surface area contributed by atoms with Gasteiger partial charge >= 0.3 is 0 Å². The van der Waals surface area contributed by atoms with Gasteiger partial charge in [-0.15, -0.1) is 0 Å². The van der Waals surface area contributed by atoms with Crippen molar-refractivity contribution in [2.24, 2.45) is 0 Å². The predicted molar refractivity (Wildman–Crippen MR) is 169 cm³/mol. The molecule has 2 aromatic carbocycles. The van der Waals surface area contributed by atoms with Crippen molar-refractivity contribution in [1.82, 2.24) is 19.9 Å². The number of rotatable bonds is 3. The van der Waals surface area contributed by atoms with Crippen LogP contribution in [0.25, 0.3) is 56.4 Å². The van der Waals surface area contributed by atoms with Crippen molar-refractivity contribution in [1.29, 1.82) is 0 Å². The van der Waals surface area contributed by atoms with E-state index >= 15 is 0 Å². The number of hydrogen-bond donors (Lipinski definition) is 0. The molecule has 202 valence electrons. The lowest BCUT2D eigenvalue weighted by Crippen LogP contribution is -2.15. The standard InChI is InChI=1S/C38H30N4/c1-37(2)27-11-6-5-10-25(27)36-30(37)21-24(22-40-36)32-14-8-16-34(42-32)33-15-7-13-31(41-33)23-17-18-26-29(20-23)38(3,4)28-12-9-19-39-35(26)28/h5-22H,1-4H3. The molecule has 0 radical (unpaired) electrons. The summed E-state index contributed by atoms with van der Waals surface area (Å²) in [6, 6.07) is 34.0. The molecule has 42 heavy (non-hydrogen) atoms. The molecule has 4 nitrogen and oxygen atoms in total. The van der Waals surface area contributed by atoms with E-state index in [9.17, 15) is 0 Å². The second kappa shape index (κ2) is 8.77. The van der Waals surface area contributed by atoms with Gasteiger partial charge in [0.05, 0.1) is 34.2 Å². The van der Waals surface area contributed by atoms with Gasteiger partial charge in [0.1, 0.15) is 0 Å². The van der Waals surface area contributed by atoms with Crippen LogP contribution in [0.3, 0.4) is 0 Å². The van der Waals surface area contributed by atoms with E-state index in [0.29, 0.717) is 0 Å². The number of pyridine rings is 4. The van der Waals surface area contributed by atoms with E-state index in [1.807, 2.05) is 30.6 Å². The molecule has 6 aromatic rings. The van der Waals surface area contributed by atoms with E-state index in [2.05, 4.69) is 107 Å². The summed E-state index contributed by atoms with van der Waals surface area (Å²) in [6.45, 7) is 9.10. The van der Waals surface area contributed by atoms with E-state index in [1.54, 1.807) is 0 Å². The number of nitrogens with zero attached hydrogens (tertiary/aromatic N) is 4. The lowest BCUT2D eigenvalue weighted by atomic mass is 9.82. The molecular formula is C38H30N4. The highest BCUT2D eigenvalue weighted by atomic mass is 14.8. The zero-order valence-electron chi connectivity index (χ0n) is 24.2. The molecule has 0 unspecified atom stereocenters. The fraction of sp³-hybridized carbons (Fsp3) is 0.158. The summed E-state index contributed by atoms with van der Waals surface area (Å²) in [5.41, 5.74) is 15.1. The third-order valence-electron chi connectivity index (χ3n) is 9.20. The Hall–Kier alpha value is -4.96. The summed E-state index contributed by atoms with van der Waals surface area (Å²) in [4.78, 5) is 19.8. The summed E-state index contributed by atoms with van der Waals surface area (Å²) < 4.78 is 0. The van der Waals surface area contributed by atoms with Gasteiger partial charge in [-0.1, -0.05) is 82.3 Å². The van der Waals surface area contributed by atoms with Crippen LogP contribution in [0.15, 0.2) is 109 Å². The quantitative estimate of drug-likeness (QED) is 0.224. The zero-order valence-corrected chi connectivity index (χ0v) is 24.2. The first-order chi connectivity index (χ1) is 20.3. The minimum Gasteiger partial charge on any atom is -0.256 e. The number of fused-ring (bicyclic) bond motifs is 6. The van der Waals surface area contributed by atoms with Crippen LogP contribution in [0.5, 0.6) is 0 Å². The summed E-state index contributed by atoms with van der Waals surface area (Å²) in [6.07, 6.45) is 3.83. The van der Waals surface area contributed by atoms with Crippen LogP contribution in [0, 0.1) is 0 Å². The molecule has 0 atom stereocenters. The minimum absolute atomic E-state index is 0.107. The third-order valence-corrected chi connectivity index (χ3v) is 9.20. The molecule has 0 fully saturated rings. The van der Waals surface area contributed by atoms with Crippen molar-refractivity contribution < 1.29 is 0 Å². The van der Waals surface area contributed by atoms with Crippen LogP contribution in [0.4, 0.5) is 0 Å². The van der Waals surface area contributed by atoms with Gasteiger partial charge in [0, 0.05) is 45.5 Å². The van der Waals surface area contributed by atoms with E-state index in [0.717, 1.165) is 45.3 Å². The van der Waals surface area contributed by atoms with Crippen LogP contribution in [-0.2, 0) is 10.8 Å². The summed E-state index contributed by atoms with van der Waals surface area (Å²) in [5.74, 6) is 0. The maximum Gasteiger partial charge on any atom is 0.0893 e.